The fourth-order valence-corrected chi connectivity index (χ4v) is 1.49. The van der Waals surface area contributed by atoms with Gasteiger partial charge in [-0.25, -0.2) is 0 Å². The van der Waals surface area contributed by atoms with Gasteiger partial charge in [0.1, 0.15) is 12.0 Å². The van der Waals surface area contributed by atoms with Crippen LogP contribution in [0.1, 0.15) is 0 Å². The van der Waals surface area contributed by atoms with E-state index < -0.39 is 0 Å². The molecule has 0 radical (unpaired) electrons. The van der Waals surface area contributed by atoms with Crippen LogP contribution in [0, 0.1) is 0 Å². The third-order valence-corrected chi connectivity index (χ3v) is 2.22. The van der Waals surface area contributed by atoms with Crippen LogP contribution in [0.4, 0.5) is 0 Å². The van der Waals surface area contributed by atoms with Crippen molar-refractivity contribution in [3.8, 4) is 16.9 Å². The largest absolute Gasteiger partial charge is 0.457 e. The predicted molar refractivity (Wildman–Crippen MR) is 66.2 cm³/mol. The molecule has 0 aromatic heterocycles. The Labute approximate surface area is 95.3 Å². The Morgan fingerprint density at radius 3 is 2.44 bits per heavy atom. The van der Waals surface area contributed by atoms with Gasteiger partial charge in [-0.3, -0.25) is 0 Å². The van der Waals surface area contributed by atoms with Crippen molar-refractivity contribution in [3.63, 3.8) is 0 Å². The van der Waals surface area contributed by atoms with Crippen molar-refractivity contribution in [2.75, 3.05) is 0 Å². The Bertz CT molecular complexity index is 508. The quantitative estimate of drug-likeness (QED) is 0.546. The van der Waals surface area contributed by atoms with Crippen LogP contribution >= 0.6 is 0 Å². The van der Waals surface area contributed by atoms with Gasteiger partial charge in [0.05, 0.1) is 0 Å². The van der Waals surface area contributed by atoms with Crippen LogP contribution in [-0.2, 0) is 0 Å². The highest BCUT2D eigenvalue weighted by molar-refractivity contribution is 5.64. The van der Waals surface area contributed by atoms with Crippen molar-refractivity contribution in [1.82, 2.24) is 0 Å². The molecule has 0 saturated carbocycles. The molecule has 78 valence electrons. The Balaban J connectivity index is 2.32. The van der Waals surface area contributed by atoms with E-state index >= 15 is 0 Å². The fourth-order valence-electron chi connectivity index (χ4n) is 1.49. The van der Waals surface area contributed by atoms with E-state index in [4.69, 9.17) is 4.74 Å². The summed E-state index contributed by atoms with van der Waals surface area (Å²) in [5, 5.41) is 0. The summed E-state index contributed by atoms with van der Waals surface area (Å²) in [6.45, 7) is 3.45. The molecular weight excluding hydrogens is 196 g/mol. The molecule has 1 nitrogen and oxygen atoms in total. The molecule has 2 aromatic carbocycles. The second-order valence-corrected chi connectivity index (χ2v) is 3.33. The van der Waals surface area contributed by atoms with Crippen molar-refractivity contribution < 1.29 is 4.74 Å². The van der Waals surface area contributed by atoms with Gasteiger partial charge in [-0.15, -0.1) is 0 Å². The van der Waals surface area contributed by atoms with Crippen molar-refractivity contribution in [1.29, 1.82) is 0 Å². The van der Waals surface area contributed by atoms with Crippen molar-refractivity contribution in [2.24, 2.45) is 0 Å². The highest BCUT2D eigenvalue weighted by Crippen LogP contribution is 2.23. The fraction of sp³-hybridized carbons (Fsp3) is 0. The van der Waals surface area contributed by atoms with Crippen LogP contribution in [0.15, 0.2) is 73.2 Å². The number of benzene rings is 2. The normalized spacial score (nSPS) is 9.25. The summed E-state index contributed by atoms with van der Waals surface area (Å²) >= 11 is 0. The topological polar surface area (TPSA) is 9.23 Å². The Morgan fingerprint density at radius 1 is 0.938 bits per heavy atom. The first-order chi connectivity index (χ1) is 7.90. The maximum Gasteiger partial charge on any atom is 0.133 e. The first-order valence-electron chi connectivity index (χ1n) is 5.06. The summed E-state index contributed by atoms with van der Waals surface area (Å²) in [6, 6.07) is 18.1. The van der Waals surface area contributed by atoms with Gasteiger partial charge in [0.15, 0.2) is 0 Å². The van der Waals surface area contributed by atoms with E-state index in [9.17, 15) is 0 Å². The summed E-state index contributed by atoms with van der Waals surface area (Å²) in [6.07, 6.45) is 1.45. The molecule has 0 amide bonds. The monoisotopic (exact) mass is 208 g/mol. The average molecular weight is 208 g/mol. The first-order valence-corrected chi connectivity index (χ1v) is 5.06. The van der Waals surface area contributed by atoms with Crippen LogP contribution in [0.5, 0.6) is 5.75 Å². The summed E-state index contributed by atoms with van der Waals surface area (Å²) < 4.78 is 5.32. The van der Waals surface area contributed by atoms with Crippen molar-refractivity contribution in [2.45, 2.75) is 0 Å². The maximum absolute atomic E-state index is 5.32. The molecule has 2 aromatic rings. The Hall–Kier alpha value is -2.24. The molecule has 1 heteroatoms. The van der Waals surface area contributed by atoms with Gasteiger partial charge in [-0.05, 0) is 23.3 Å². The lowest BCUT2D eigenvalue weighted by atomic mass is 10.1. The molecule has 0 heterocycles. The Morgan fingerprint density at radius 2 is 1.69 bits per heavy atom. The van der Waals surface area contributed by atoms with Crippen LogP contribution in [0.3, 0.4) is 0 Å². The van der Waals surface area contributed by atoms with Gasteiger partial charge in [0.25, 0.3) is 0 Å². The van der Waals surface area contributed by atoms with E-state index in [1.54, 1.807) is 0 Å². The SMILES string of the molecule is C=C=COc1cccc(-c2ccccc2)c1. The molecule has 0 unspecified atom stereocenters. The van der Waals surface area contributed by atoms with E-state index in [0.717, 1.165) is 11.3 Å². The second-order valence-electron chi connectivity index (χ2n) is 3.33. The molecule has 0 aliphatic heterocycles. The van der Waals surface area contributed by atoms with Gasteiger partial charge in [-0.2, -0.15) is 0 Å². The lowest BCUT2D eigenvalue weighted by molar-refractivity contribution is 0.483. The van der Waals surface area contributed by atoms with Gasteiger partial charge in [0.2, 0.25) is 0 Å². The van der Waals surface area contributed by atoms with E-state index in [2.05, 4.69) is 30.5 Å². The van der Waals surface area contributed by atoms with Gasteiger partial charge >= 0.3 is 0 Å². The smallest absolute Gasteiger partial charge is 0.133 e. The van der Waals surface area contributed by atoms with Crippen LogP contribution in [0.2, 0.25) is 0 Å². The van der Waals surface area contributed by atoms with Crippen molar-refractivity contribution in [3.05, 3.63) is 73.2 Å². The molecule has 16 heavy (non-hydrogen) atoms. The standard InChI is InChI=1S/C15H12O/c1-2-11-16-15-10-6-9-14(12-15)13-7-4-3-5-8-13/h3-12H,1H2. The molecule has 0 fully saturated rings. The van der Waals surface area contributed by atoms with Gasteiger partial charge < -0.3 is 4.74 Å². The zero-order valence-electron chi connectivity index (χ0n) is 8.89. The molecule has 0 aliphatic carbocycles. The highest BCUT2D eigenvalue weighted by atomic mass is 16.5. The third-order valence-electron chi connectivity index (χ3n) is 2.22. The van der Waals surface area contributed by atoms with Crippen LogP contribution < -0.4 is 4.74 Å². The first kappa shape index (κ1) is 10.3. The summed E-state index contributed by atoms with van der Waals surface area (Å²) in [7, 11) is 0. The van der Waals surface area contributed by atoms with Crippen molar-refractivity contribution >= 4 is 0 Å². The predicted octanol–water partition coefficient (Wildman–Crippen LogP) is 4.03. The maximum atomic E-state index is 5.32. The molecule has 0 atom stereocenters. The zero-order chi connectivity index (χ0) is 11.2. The zero-order valence-corrected chi connectivity index (χ0v) is 8.89. The highest BCUT2D eigenvalue weighted by Gasteiger charge is 1.97. The van der Waals surface area contributed by atoms with Gasteiger partial charge in [-0.1, -0.05) is 54.8 Å². The van der Waals surface area contributed by atoms with Crippen LogP contribution in [0.25, 0.3) is 11.1 Å². The second kappa shape index (κ2) is 5.01. The number of ether oxygens (including phenoxy) is 1. The van der Waals surface area contributed by atoms with Crippen LogP contribution in [-0.4, -0.2) is 0 Å². The minimum Gasteiger partial charge on any atom is -0.457 e. The lowest BCUT2D eigenvalue weighted by Gasteiger charge is -2.03. The Kier molecular flexibility index (Phi) is 3.22. The molecule has 0 spiro atoms. The minimum atomic E-state index is 0.789. The third kappa shape index (κ3) is 2.41. The summed E-state index contributed by atoms with van der Waals surface area (Å²) in [4.78, 5) is 0. The van der Waals surface area contributed by atoms with E-state index in [-0.39, 0.29) is 0 Å². The lowest BCUT2D eigenvalue weighted by Crippen LogP contribution is -1.82. The average Bonchev–Trinajstić information content (AvgIpc) is 2.38. The number of hydrogen-bond donors (Lipinski definition) is 0. The molecular formula is C15H12O. The van der Waals surface area contributed by atoms with E-state index in [1.807, 2.05) is 36.4 Å². The molecule has 0 N–H and O–H groups in total. The van der Waals surface area contributed by atoms with E-state index in [0.29, 0.717) is 0 Å². The van der Waals surface area contributed by atoms with E-state index in [1.165, 1.54) is 11.8 Å². The molecule has 0 aliphatic rings. The molecule has 0 saturated heterocycles. The molecule has 2 rings (SSSR count). The summed E-state index contributed by atoms with van der Waals surface area (Å²) in [5.74, 6) is 0.789. The molecule has 0 bridgehead atoms. The number of rotatable bonds is 3. The number of hydrogen-bond acceptors (Lipinski definition) is 1. The van der Waals surface area contributed by atoms with Gasteiger partial charge in [0, 0.05) is 0 Å². The summed E-state index contributed by atoms with van der Waals surface area (Å²) in [5.41, 5.74) is 4.89. The minimum absolute atomic E-state index is 0.789.